The largest absolute Gasteiger partial charge is 0.394 e. The van der Waals surface area contributed by atoms with Crippen LogP contribution in [0.2, 0.25) is 0 Å². The quantitative estimate of drug-likeness (QED) is 0.0864. The van der Waals surface area contributed by atoms with Gasteiger partial charge in [-0.3, -0.25) is 4.90 Å². The van der Waals surface area contributed by atoms with Crippen molar-refractivity contribution >= 4 is 0 Å². The van der Waals surface area contributed by atoms with Crippen LogP contribution in [-0.2, 0) is 37.9 Å². The zero-order valence-electron chi connectivity index (χ0n) is 42.2. The summed E-state index contributed by atoms with van der Waals surface area (Å²) in [6.07, 6.45) is -24.1. The minimum Gasteiger partial charge on any atom is -0.394 e. The van der Waals surface area contributed by atoms with Gasteiger partial charge in [-0.25, -0.2) is 0 Å². The van der Waals surface area contributed by atoms with Gasteiger partial charge in [-0.05, 0) is 104 Å². The Hall–Kier alpha value is -1.14. The van der Waals surface area contributed by atoms with E-state index >= 15 is 0 Å². The molecule has 6 heterocycles. The molecular weight excluding hydrogens is 963 g/mol. The Morgan fingerprint density at radius 1 is 0.548 bits per heavy atom. The van der Waals surface area contributed by atoms with Crippen LogP contribution in [0.4, 0.5) is 0 Å². The average Bonchev–Trinajstić information content (AvgIpc) is 3.85. The van der Waals surface area contributed by atoms with Crippen LogP contribution >= 0.6 is 0 Å². The van der Waals surface area contributed by atoms with Crippen molar-refractivity contribution in [1.29, 1.82) is 0 Å². The number of hydrogen-bond acceptors (Lipinski definition) is 22. The molecule has 9 fully saturated rings. The molecule has 0 spiro atoms. The van der Waals surface area contributed by atoms with E-state index in [2.05, 4.69) is 38.7 Å². The number of ether oxygens (including phenoxy) is 8. The highest BCUT2D eigenvalue weighted by Gasteiger charge is 2.67. The van der Waals surface area contributed by atoms with E-state index in [1.54, 1.807) is 0 Å². The van der Waals surface area contributed by atoms with Crippen LogP contribution in [0, 0.1) is 46.3 Å². The zero-order valence-corrected chi connectivity index (χ0v) is 42.2. The highest BCUT2D eigenvalue weighted by atomic mass is 16.8. The first-order valence-electron chi connectivity index (χ1n) is 27.0. The second-order valence-corrected chi connectivity index (χ2v) is 24.1. The maximum Gasteiger partial charge on any atom is 0.187 e. The molecule has 6 aliphatic heterocycles. The molecule has 31 atom stereocenters. The molecule has 418 valence electrons. The van der Waals surface area contributed by atoms with Crippen molar-refractivity contribution < 1.29 is 104 Å². The van der Waals surface area contributed by atoms with E-state index in [1.807, 2.05) is 0 Å². The standard InChI is InChI=1S/C51H83NO21/c1-20-5-8-27-21(2)33-28(52(27)15-20)14-26-24-7-6-22-13-23(9-11-50(22,3)25(24)10-12-51(26,33)4)66-46-42(65)39(62)43(32(19-56)70-46)71-49-45(73-48-41(64)38(61)35(58)30(17-54)68-48)44(36(59)31(18-55)69-49)72-47-40(63)37(60)34(57)29(16-53)67-47/h6,20-21,23-49,53-65H,5,7-19H2,1-4H3/t20-,21+,23-,24+,25-,26-,27+,28-,29+,30+,31+,32+,33-,34+,35+,36+,37-,38-,39+,40+,41+,42+,43-,44-,45+,46+,47-,48-,49-,50-,51-/m0/s1. The Bertz CT molecular complexity index is 1920. The lowest BCUT2D eigenvalue weighted by Gasteiger charge is -2.58. The summed E-state index contributed by atoms with van der Waals surface area (Å²) >= 11 is 0. The maximum atomic E-state index is 11.8. The molecule has 4 aliphatic carbocycles. The summed E-state index contributed by atoms with van der Waals surface area (Å²) in [5.74, 6) is 4.05. The summed E-state index contributed by atoms with van der Waals surface area (Å²) in [5, 5.41) is 140. The lowest BCUT2D eigenvalue weighted by Crippen LogP contribution is -2.68. The fourth-order valence-electron chi connectivity index (χ4n) is 16.3. The van der Waals surface area contributed by atoms with Gasteiger partial charge in [0.25, 0.3) is 0 Å². The third kappa shape index (κ3) is 9.42. The maximum absolute atomic E-state index is 11.8. The predicted molar refractivity (Wildman–Crippen MR) is 249 cm³/mol. The average molecular weight is 1050 g/mol. The molecule has 10 rings (SSSR count). The summed E-state index contributed by atoms with van der Waals surface area (Å²) in [6, 6.07) is 1.39. The van der Waals surface area contributed by atoms with Crippen molar-refractivity contribution in [2.45, 2.75) is 226 Å². The van der Waals surface area contributed by atoms with Crippen LogP contribution < -0.4 is 0 Å². The van der Waals surface area contributed by atoms with Crippen molar-refractivity contribution in [3.05, 3.63) is 11.6 Å². The van der Waals surface area contributed by atoms with Crippen molar-refractivity contribution in [2.24, 2.45) is 46.3 Å². The highest BCUT2D eigenvalue weighted by Crippen LogP contribution is 2.70. The monoisotopic (exact) mass is 1050 g/mol. The molecule has 0 amide bonds. The van der Waals surface area contributed by atoms with Crippen LogP contribution in [0.5, 0.6) is 0 Å². The first-order chi connectivity index (χ1) is 34.8. The van der Waals surface area contributed by atoms with E-state index in [4.69, 9.17) is 37.9 Å². The van der Waals surface area contributed by atoms with Crippen molar-refractivity contribution in [3.63, 3.8) is 0 Å². The van der Waals surface area contributed by atoms with Gasteiger partial charge in [0.05, 0.1) is 32.5 Å². The Kier molecular flexibility index (Phi) is 16.2. The molecule has 3 saturated carbocycles. The number of aliphatic hydroxyl groups is 13. The van der Waals surface area contributed by atoms with E-state index in [0.717, 1.165) is 36.6 Å². The van der Waals surface area contributed by atoms with Crippen LogP contribution in [-0.4, -0.2) is 245 Å². The van der Waals surface area contributed by atoms with Crippen LogP contribution in [0.25, 0.3) is 0 Å². The smallest absolute Gasteiger partial charge is 0.187 e. The number of nitrogens with zero attached hydrogens (tertiary/aromatic N) is 1. The topological polar surface area (TPSA) is 340 Å². The summed E-state index contributed by atoms with van der Waals surface area (Å²) in [7, 11) is 0. The number of rotatable bonds is 12. The first kappa shape index (κ1) is 55.2. The summed E-state index contributed by atoms with van der Waals surface area (Å²) < 4.78 is 48.0. The van der Waals surface area contributed by atoms with E-state index in [-0.39, 0.29) is 11.5 Å². The van der Waals surface area contributed by atoms with E-state index in [1.165, 1.54) is 44.2 Å². The number of fused-ring (bicyclic) bond motifs is 9. The van der Waals surface area contributed by atoms with E-state index < -0.39 is 149 Å². The molecule has 6 saturated heterocycles. The Balaban J connectivity index is 0.841. The summed E-state index contributed by atoms with van der Waals surface area (Å²) in [4.78, 5) is 2.92. The second-order valence-electron chi connectivity index (χ2n) is 24.1. The molecule has 0 aromatic rings. The van der Waals surface area contributed by atoms with Gasteiger partial charge in [0.15, 0.2) is 25.2 Å². The normalized spacial score (nSPS) is 56.2. The molecule has 13 N–H and O–H groups in total. The molecule has 10 aliphatic rings. The van der Waals surface area contributed by atoms with Crippen molar-refractivity contribution in [1.82, 2.24) is 4.90 Å². The molecule has 0 aromatic heterocycles. The molecule has 73 heavy (non-hydrogen) atoms. The third-order valence-electron chi connectivity index (χ3n) is 20.2. The first-order valence-corrected chi connectivity index (χ1v) is 27.0. The number of piperidine rings is 1. The van der Waals surface area contributed by atoms with Crippen LogP contribution in [0.1, 0.15) is 85.5 Å². The van der Waals surface area contributed by atoms with Gasteiger partial charge < -0.3 is 104 Å². The molecule has 22 nitrogen and oxygen atoms in total. The van der Waals surface area contributed by atoms with Gasteiger partial charge >= 0.3 is 0 Å². The van der Waals surface area contributed by atoms with Gasteiger partial charge in [-0.1, -0.05) is 39.3 Å². The van der Waals surface area contributed by atoms with Gasteiger partial charge in [-0.2, -0.15) is 0 Å². The molecule has 0 aromatic carbocycles. The molecular formula is C51H83NO21. The SMILES string of the molecule is C[C@H]1CC[C@@H]2[C@@H](C)[C@H]3[C@H](C[C@H]4[C@@H]5CC=C6C[C@@H](O[C@@H]7O[C@H](CO)[C@H](O[C@@H]8O[C@H](CO)[C@@H](O)[C@H](O[C@@H]9O[C@H](CO)[C@@H](O)[C@H](O)[C@H]9O)[C@H]8O[C@@H]8O[C@H](CO)[C@@H](O)[C@H](O)[C@H]8O)[C@H](O)[C@H]7O)CC[C@]6(C)[C@H]5CC[C@]34C)N2C1. The number of aliphatic hydroxyl groups excluding tert-OH is 13. The Morgan fingerprint density at radius 2 is 1.10 bits per heavy atom. The van der Waals surface area contributed by atoms with Crippen molar-refractivity contribution in [2.75, 3.05) is 33.0 Å². The highest BCUT2D eigenvalue weighted by molar-refractivity contribution is 5.27. The number of allylic oxidation sites excluding steroid dienone is 1. The zero-order chi connectivity index (χ0) is 52.2. The lowest BCUT2D eigenvalue weighted by molar-refractivity contribution is -0.406. The third-order valence-corrected chi connectivity index (χ3v) is 20.2. The Morgan fingerprint density at radius 3 is 1.73 bits per heavy atom. The molecule has 0 radical (unpaired) electrons. The van der Waals surface area contributed by atoms with E-state index in [0.29, 0.717) is 42.1 Å². The molecule has 22 heteroatoms. The summed E-state index contributed by atoms with van der Waals surface area (Å²) in [5.41, 5.74) is 1.67. The van der Waals surface area contributed by atoms with Gasteiger partial charge in [-0.15, -0.1) is 0 Å². The molecule has 0 bridgehead atoms. The minimum atomic E-state index is -2.03. The fraction of sp³-hybridized carbons (Fsp3) is 0.961. The van der Waals surface area contributed by atoms with Crippen LogP contribution in [0.3, 0.4) is 0 Å². The van der Waals surface area contributed by atoms with Gasteiger partial charge in [0.2, 0.25) is 0 Å². The van der Waals surface area contributed by atoms with Crippen LogP contribution in [0.15, 0.2) is 11.6 Å². The summed E-state index contributed by atoms with van der Waals surface area (Å²) in [6.45, 7) is 7.83. The minimum absolute atomic E-state index is 0.00763. The second kappa shape index (κ2) is 21.5. The lowest BCUT2D eigenvalue weighted by atomic mass is 9.47. The Labute approximate surface area is 425 Å². The number of hydrogen-bond donors (Lipinski definition) is 13. The van der Waals surface area contributed by atoms with E-state index in [9.17, 15) is 66.4 Å². The molecule has 0 unspecified atom stereocenters. The van der Waals surface area contributed by atoms with Gasteiger partial charge in [0, 0.05) is 18.6 Å². The predicted octanol–water partition coefficient (Wildman–Crippen LogP) is -3.05. The van der Waals surface area contributed by atoms with Crippen molar-refractivity contribution in [3.8, 4) is 0 Å². The van der Waals surface area contributed by atoms with Gasteiger partial charge in [0.1, 0.15) is 97.7 Å². The fourth-order valence-corrected chi connectivity index (χ4v) is 16.3.